The fourth-order valence-electron chi connectivity index (χ4n) is 3.75. The first-order valence-corrected chi connectivity index (χ1v) is 13.6. The number of carbonyl (C=O) groups excluding carboxylic acids is 2. The van der Waals surface area contributed by atoms with Crippen molar-refractivity contribution in [3.05, 3.63) is 92.3 Å². The molecular weight excluding hydrogens is 563 g/mol. The van der Waals surface area contributed by atoms with Crippen molar-refractivity contribution >= 4 is 75.1 Å². The normalized spacial score (nSPS) is 14.2. The number of rotatable bonds is 9. The predicted octanol–water partition coefficient (Wildman–Crippen LogP) is 6.77. The molecule has 10 heteroatoms. The van der Waals surface area contributed by atoms with E-state index in [0.717, 1.165) is 11.1 Å². The van der Waals surface area contributed by atoms with Crippen LogP contribution in [0, 0.1) is 6.92 Å². The van der Waals surface area contributed by atoms with Gasteiger partial charge in [0.05, 0.1) is 17.0 Å². The summed E-state index contributed by atoms with van der Waals surface area (Å²) in [5.74, 6) is 0.0193. The maximum atomic E-state index is 13.0. The first-order chi connectivity index (χ1) is 18.2. The van der Waals surface area contributed by atoms with Gasteiger partial charge in [0.2, 0.25) is 0 Å². The number of hydrogen-bond donors (Lipinski definition) is 1. The number of nitrogens with one attached hydrogen (secondary N) is 1. The molecule has 0 spiro atoms. The summed E-state index contributed by atoms with van der Waals surface area (Å²) in [6, 6.07) is 18.5. The van der Waals surface area contributed by atoms with E-state index in [9.17, 15) is 9.59 Å². The molecule has 0 saturated carbocycles. The first-order valence-electron chi connectivity index (χ1n) is 11.6. The van der Waals surface area contributed by atoms with Gasteiger partial charge in [-0.2, -0.15) is 0 Å². The van der Waals surface area contributed by atoms with Gasteiger partial charge in [0.25, 0.3) is 11.8 Å². The van der Waals surface area contributed by atoms with Crippen LogP contribution in [0.25, 0.3) is 6.08 Å². The van der Waals surface area contributed by atoms with E-state index < -0.39 is 0 Å². The number of amides is 2. The van der Waals surface area contributed by atoms with Gasteiger partial charge in [-0.15, -0.1) is 0 Å². The molecule has 0 aliphatic carbocycles. The van der Waals surface area contributed by atoms with Gasteiger partial charge in [0.15, 0.2) is 18.1 Å². The number of thiocarbonyl (C=S) groups is 1. The molecule has 0 bridgehead atoms. The van der Waals surface area contributed by atoms with Crippen molar-refractivity contribution in [2.45, 2.75) is 13.3 Å². The molecule has 0 aromatic heterocycles. The predicted molar refractivity (Wildman–Crippen MR) is 158 cm³/mol. The molecule has 1 heterocycles. The number of benzene rings is 3. The van der Waals surface area contributed by atoms with E-state index in [0.29, 0.717) is 44.2 Å². The van der Waals surface area contributed by atoms with E-state index in [-0.39, 0.29) is 29.2 Å². The van der Waals surface area contributed by atoms with Crippen molar-refractivity contribution in [3.8, 4) is 11.5 Å². The van der Waals surface area contributed by atoms with Gasteiger partial charge < -0.3 is 14.8 Å². The minimum Gasteiger partial charge on any atom is -0.493 e. The highest BCUT2D eigenvalue weighted by atomic mass is 35.5. The third-order valence-electron chi connectivity index (χ3n) is 5.71. The lowest BCUT2D eigenvalue weighted by molar-refractivity contribution is -0.122. The zero-order chi connectivity index (χ0) is 27.2. The van der Waals surface area contributed by atoms with Crippen molar-refractivity contribution in [2.75, 3.05) is 25.6 Å². The third-order valence-corrected chi connectivity index (χ3v) is 7.60. The highest BCUT2D eigenvalue weighted by Gasteiger charge is 2.31. The third kappa shape index (κ3) is 6.88. The highest BCUT2D eigenvalue weighted by molar-refractivity contribution is 8.26. The summed E-state index contributed by atoms with van der Waals surface area (Å²) >= 11 is 19.2. The number of methoxy groups -OCH3 is 1. The van der Waals surface area contributed by atoms with Crippen molar-refractivity contribution in [3.63, 3.8) is 0 Å². The monoisotopic (exact) mass is 586 g/mol. The molecular formula is C28H24Cl2N2O4S2. The van der Waals surface area contributed by atoms with E-state index in [1.54, 1.807) is 35.2 Å². The van der Waals surface area contributed by atoms with Gasteiger partial charge in [0.1, 0.15) is 4.32 Å². The molecule has 6 nitrogen and oxygen atoms in total. The van der Waals surface area contributed by atoms with Crippen LogP contribution in [0.5, 0.6) is 11.5 Å². The summed E-state index contributed by atoms with van der Waals surface area (Å²) in [4.78, 5) is 27.6. The van der Waals surface area contributed by atoms with Gasteiger partial charge in [-0.3, -0.25) is 14.5 Å². The second-order valence-electron chi connectivity index (χ2n) is 8.40. The quantitative estimate of drug-likeness (QED) is 0.220. The molecule has 1 aliphatic heterocycles. The molecule has 3 aromatic carbocycles. The lowest BCUT2D eigenvalue weighted by Gasteiger charge is -2.14. The molecule has 0 radical (unpaired) electrons. The Balaban J connectivity index is 1.44. The fourth-order valence-corrected chi connectivity index (χ4v) is 5.50. The average Bonchev–Trinajstić information content (AvgIpc) is 3.16. The number of thioether (sulfide) groups is 1. The minimum atomic E-state index is -0.378. The average molecular weight is 588 g/mol. The number of nitrogens with zero attached hydrogens (tertiary/aromatic N) is 1. The van der Waals surface area contributed by atoms with Gasteiger partial charge in [-0.25, -0.2) is 0 Å². The molecule has 2 amide bonds. The Hall–Kier alpha value is -3.04. The smallest absolute Gasteiger partial charge is 0.266 e. The summed E-state index contributed by atoms with van der Waals surface area (Å²) in [7, 11) is 1.47. The second kappa shape index (κ2) is 12.7. The first kappa shape index (κ1) is 28.0. The largest absolute Gasteiger partial charge is 0.493 e. The van der Waals surface area contributed by atoms with E-state index in [1.807, 2.05) is 43.3 Å². The van der Waals surface area contributed by atoms with Crippen LogP contribution < -0.4 is 14.8 Å². The summed E-state index contributed by atoms with van der Waals surface area (Å²) in [5.41, 5.74) is 3.24. The van der Waals surface area contributed by atoms with Crippen LogP contribution in [-0.4, -0.2) is 41.3 Å². The zero-order valence-electron chi connectivity index (χ0n) is 20.6. The molecule has 1 N–H and O–H groups in total. The summed E-state index contributed by atoms with van der Waals surface area (Å²) in [5, 5.41) is 3.52. The summed E-state index contributed by atoms with van der Waals surface area (Å²) in [6.45, 7) is 2.07. The van der Waals surface area contributed by atoms with Crippen molar-refractivity contribution in [2.24, 2.45) is 0 Å². The summed E-state index contributed by atoms with van der Waals surface area (Å²) < 4.78 is 11.7. The van der Waals surface area contributed by atoms with Crippen molar-refractivity contribution in [1.29, 1.82) is 0 Å². The van der Waals surface area contributed by atoms with Gasteiger partial charge in [-0.1, -0.05) is 83.6 Å². The Morgan fingerprint density at radius 1 is 1.13 bits per heavy atom. The molecule has 1 saturated heterocycles. The van der Waals surface area contributed by atoms with E-state index in [2.05, 4.69) is 5.32 Å². The molecule has 3 aromatic rings. The van der Waals surface area contributed by atoms with Crippen molar-refractivity contribution in [1.82, 2.24) is 4.90 Å². The Labute approximate surface area is 240 Å². The van der Waals surface area contributed by atoms with Crippen LogP contribution in [0.3, 0.4) is 0 Å². The second-order valence-corrected chi connectivity index (χ2v) is 10.9. The Morgan fingerprint density at radius 3 is 2.63 bits per heavy atom. The van der Waals surface area contributed by atoms with Crippen LogP contribution in [0.15, 0.2) is 65.6 Å². The number of anilines is 1. The lowest BCUT2D eigenvalue weighted by Crippen LogP contribution is -2.30. The fraction of sp³-hybridized carbons (Fsp3) is 0.179. The van der Waals surface area contributed by atoms with Crippen LogP contribution in [-0.2, 0) is 16.0 Å². The molecule has 38 heavy (non-hydrogen) atoms. The maximum Gasteiger partial charge on any atom is 0.266 e. The minimum absolute atomic E-state index is 0.153. The topological polar surface area (TPSA) is 67.9 Å². The molecule has 4 rings (SSSR count). The maximum absolute atomic E-state index is 13.0. The van der Waals surface area contributed by atoms with Crippen LogP contribution in [0.1, 0.15) is 16.7 Å². The Morgan fingerprint density at radius 2 is 1.89 bits per heavy atom. The van der Waals surface area contributed by atoms with Gasteiger partial charge >= 0.3 is 0 Å². The van der Waals surface area contributed by atoms with E-state index in [4.69, 9.17) is 44.9 Å². The number of ether oxygens (including phenoxy) is 2. The number of hydrogen-bond acceptors (Lipinski definition) is 6. The Kier molecular flexibility index (Phi) is 9.33. The lowest BCUT2D eigenvalue weighted by atomic mass is 10.1. The van der Waals surface area contributed by atoms with E-state index >= 15 is 0 Å². The molecule has 0 atom stereocenters. The number of carbonyl (C=O) groups is 2. The van der Waals surface area contributed by atoms with E-state index in [1.165, 1.54) is 18.9 Å². The van der Waals surface area contributed by atoms with Crippen LogP contribution >= 0.6 is 47.2 Å². The molecule has 0 unspecified atom stereocenters. The number of aryl methyl sites for hydroxylation is 1. The van der Waals surface area contributed by atoms with Gasteiger partial charge in [-0.05, 0) is 60.4 Å². The SMILES string of the molecule is COc1cc(/C=C2\SC(=S)N(CCc3ccccc3)C2=O)cc(Cl)c1OCC(=O)Nc1cc(Cl)ccc1C. The standard InChI is InChI=1S/C28H24Cl2N2O4S2/c1-17-8-9-20(29)15-22(17)31-25(33)16-36-26-21(30)12-19(13-23(26)35-2)14-24-27(34)32(28(37)38-24)11-10-18-6-4-3-5-7-18/h3-9,12-15H,10-11,16H2,1-2H3,(H,31,33)/b24-14-. The van der Waals surface area contributed by atoms with Gasteiger partial charge in [0, 0.05) is 17.3 Å². The number of halogens is 2. The summed E-state index contributed by atoms with van der Waals surface area (Å²) in [6.07, 6.45) is 2.42. The zero-order valence-corrected chi connectivity index (χ0v) is 23.8. The molecule has 196 valence electrons. The van der Waals surface area contributed by atoms with Crippen molar-refractivity contribution < 1.29 is 19.1 Å². The molecule has 1 aliphatic rings. The molecule has 1 fully saturated rings. The van der Waals surface area contributed by atoms with Crippen LogP contribution in [0.2, 0.25) is 10.0 Å². The van der Waals surface area contributed by atoms with Crippen LogP contribution in [0.4, 0.5) is 5.69 Å². The Bertz CT molecular complexity index is 1410. The highest BCUT2D eigenvalue weighted by Crippen LogP contribution is 2.39.